The van der Waals surface area contributed by atoms with E-state index in [0.717, 1.165) is 12.6 Å². The standard InChI is InChI=1S/C10H23N3/c1-11-6-9-13-7-4-10(5-8-13)12(2)3/h10-11H,4-9H2,1-3H3. The second-order valence-electron chi connectivity index (χ2n) is 4.14. The van der Waals surface area contributed by atoms with E-state index in [1.165, 1.54) is 32.5 Å². The van der Waals surface area contributed by atoms with Crippen molar-refractivity contribution in [3.8, 4) is 0 Å². The average Bonchev–Trinajstić information content (AvgIpc) is 2.15. The molecule has 1 aliphatic rings. The average molecular weight is 185 g/mol. The van der Waals surface area contributed by atoms with Gasteiger partial charge in [-0.15, -0.1) is 0 Å². The van der Waals surface area contributed by atoms with Crippen molar-refractivity contribution < 1.29 is 0 Å². The van der Waals surface area contributed by atoms with Gasteiger partial charge in [0.1, 0.15) is 0 Å². The highest BCUT2D eigenvalue weighted by Crippen LogP contribution is 2.13. The summed E-state index contributed by atoms with van der Waals surface area (Å²) in [5.41, 5.74) is 0. The van der Waals surface area contributed by atoms with Gasteiger partial charge < -0.3 is 15.1 Å². The largest absolute Gasteiger partial charge is 0.318 e. The van der Waals surface area contributed by atoms with Crippen molar-refractivity contribution in [3.05, 3.63) is 0 Å². The number of nitrogens with one attached hydrogen (secondary N) is 1. The molecular formula is C10H23N3. The van der Waals surface area contributed by atoms with Crippen LogP contribution in [0.15, 0.2) is 0 Å². The third-order valence-corrected chi connectivity index (χ3v) is 2.97. The monoisotopic (exact) mass is 185 g/mol. The van der Waals surface area contributed by atoms with Crippen molar-refractivity contribution >= 4 is 0 Å². The first-order valence-corrected chi connectivity index (χ1v) is 5.27. The van der Waals surface area contributed by atoms with Gasteiger partial charge in [0.05, 0.1) is 0 Å². The molecule has 13 heavy (non-hydrogen) atoms. The summed E-state index contributed by atoms with van der Waals surface area (Å²) in [4.78, 5) is 4.91. The molecule has 3 heteroatoms. The fourth-order valence-electron chi connectivity index (χ4n) is 1.93. The highest BCUT2D eigenvalue weighted by atomic mass is 15.2. The number of hydrogen-bond donors (Lipinski definition) is 1. The van der Waals surface area contributed by atoms with Gasteiger partial charge in [0.25, 0.3) is 0 Å². The van der Waals surface area contributed by atoms with Crippen molar-refractivity contribution in [2.75, 3.05) is 47.3 Å². The summed E-state index contributed by atoms with van der Waals surface area (Å²) >= 11 is 0. The maximum atomic E-state index is 3.20. The first-order valence-electron chi connectivity index (χ1n) is 5.27. The van der Waals surface area contributed by atoms with E-state index in [4.69, 9.17) is 0 Å². The summed E-state index contributed by atoms with van der Waals surface area (Å²) in [6.07, 6.45) is 2.66. The van der Waals surface area contributed by atoms with Crippen LogP contribution in [0.25, 0.3) is 0 Å². The number of likely N-dealkylation sites (tertiary alicyclic amines) is 1. The molecule has 0 bridgehead atoms. The predicted molar refractivity (Wildman–Crippen MR) is 57.1 cm³/mol. The minimum atomic E-state index is 0.811. The third kappa shape index (κ3) is 3.63. The summed E-state index contributed by atoms with van der Waals surface area (Å²) in [6.45, 7) is 4.86. The zero-order valence-corrected chi connectivity index (χ0v) is 9.21. The summed E-state index contributed by atoms with van der Waals surface area (Å²) in [7, 11) is 6.40. The molecule has 0 aromatic heterocycles. The topological polar surface area (TPSA) is 18.5 Å². The van der Waals surface area contributed by atoms with Gasteiger partial charge in [0.2, 0.25) is 0 Å². The lowest BCUT2D eigenvalue weighted by Crippen LogP contribution is -2.43. The quantitative estimate of drug-likeness (QED) is 0.676. The van der Waals surface area contributed by atoms with Crippen molar-refractivity contribution in [2.45, 2.75) is 18.9 Å². The van der Waals surface area contributed by atoms with Gasteiger partial charge >= 0.3 is 0 Å². The van der Waals surface area contributed by atoms with Gasteiger partial charge in [0, 0.05) is 19.1 Å². The number of likely N-dealkylation sites (N-methyl/N-ethyl adjacent to an activating group) is 1. The molecule has 1 heterocycles. The smallest absolute Gasteiger partial charge is 0.0113 e. The van der Waals surface area contributed by atoms with Gasteiger partial charge in [0.15, 0.2) is 0 Å². The molecule has 0 aromatic rings. The molecule has 0 spiro atoms. The lowest BCUT2D eigenvalue weighted by Gasteiger charge is -2.35. The zero-order valence-electron chi connectivity index (χ0n) is 9.21. The maximum Gasteiger partial charge on any atom is 0.0113 e. The third-order valence-electron chi connectivity index (χ3n) is 2.97. The van der Waals surface area contributed by atoms with Crippen LogP contribution in [0.4, 0.5) is 0 Å². The van der Waals surface area contributed by atoms with Gasteiger partial charge in [-0.05, 0) is 47.1 Å². The minimum absolute atomic E-state index is 0.811. The Balaban J connectivity index is 2.15. The van der Waals surface area contributed by atoms with E-state index < -0.39 is 0 Å². The van der Waals surface area contributed by atoms with Crippen LogP contribution in [-0.2, 0) is 0 Å². The van der Waals surface area contributed by atoms with Crippen molar-refractivity contribution in [1.29, 1.82) is 0 Å². The summed E-state index contributed by atoms with van der Waals surface area (Å²) in [5.74, 6) is 0. The number of rotatable bonds is 4. The molecule has 0 aliphatic carbocycles. The molecule has 0 radical (unpaired) electrons. The van der Waals surface area contributed by atoms with Gasteiger partial charge in [-0.2, -0.15) is 0 Å². The molecule has 1 aliphatic heterocycles. The highest BCUT2D eigenvalue weighted by Gasteiger charge is 2.19. The Bertz CT molecular complexity index is 128. The number of nitrogens with zero attached hydrogens (tertiary/aromatic N) is 2. The maximum absolute atomic E-state index is 3.20. The van der Waals surface area contributed by atoms with Crippen LogP contribution in [0.1, 0.15) is 12.8 Å². The molecule has 1 N–H and O–H groups in total. The Hall–Kier alpha value is -0.120. The van der Waals surface area contributed by atoms with Gasteiger partial charge in [-0.1, -0.05) is 0 Å². The van der Waals surface area contributed by atoms with E-state index in [1.807, 2.05) is 7.05 Å². The Morgan fingerprint density at radius 3 is 2.38 bits per heavy atom. The van der Waals surface area contributed by atoms with Crippen LogP contribution >= 0.6 is 0 Å². The molecular weight excluding hydrogens is 162 g/mol. The first-order chi connectivity index (χ1) is 6.24. The summed E-state index contributed by atoms with van der Waals surface area (Å²) < 4.78 is 0. The Labute approximate surface area is 82.1 Å². The van der Waals surface area contributed by atoms with Crippen LogP contribution in [-0.4, -0.2) is 63.2 Å². The molecule has 3 nitrogen and oxygen atoms in total. The van der Waals surface area contributed by atoms with Crippen molar-refractivity contribution in [2.24, 2.45) is 0 Å². The number of piperidine rings is 1. The molecule has 1 fully saturated rings. The molecule has 0 saturated carbocycles. The molecule has 78 valence electrons. The molecule has 1 rings (SSSR count). The fraction of sp³-hybridized carbons (Fsp3) is 1.00. The Kier molecular flexibility index (Phi) is 4.70. The van der Waals surface area contributed by atoms with E-state index in [9.17, 15) is 0 Å². The van der Waals surface area contributed by atoms with Crippen LogP contribution in [0.3, 0.4) is 0 Å². The highest BCUT2D eigenvalue weighted by molar-refractivity contribution is 4.76. The van der Waals surface area contributed by atoms with E-state index in [0.29, 0.717) is 0 Å². The lowest BCUT2D eigenvalue weighted by atomic mass is 10.0. The predicted octanol–water partition coefficient (Wildman–Crippen LogP) is 0.232. The second-order valence-corrected chi connectivity index (χ2v) is 4.14. The summed E-state index contributed by atoms with van der Waals surface area (Å²) in [6, 6.07) is 0.811. The van der Waals surface area contributed by atoms with E-state index in [1.54, 1.807) is 0 Å². The normalized spacial score (nSPS) is 21.2. The lowest BCUT2D eigenvalue weighted by molar-refractivity contribution is 0.146. The van der Waals surface area contributed by atoms with Crippen LogP contribution in [0.5, 0.6) is 0 Å². The number of hydrogen-bond acceptors (Lipinski definition) is 3. The molecule has 0 atom stereocenters. The van der Waals surface area contributed by atoms with Crippen LogP contribution < -0.4 is 5.32 Å². The van der Waals surface area contributed by atoms with E-state index in [2.05, 4.69) is 29.2 Å². The Morgan fingerprint density at radius 1 is 1.31 bits per heavy atom. The van der Waals surface area contributed by atoms with Crippen molar-refractivity contribution in [1.82, 2.24) is 15.1 Å². The van der Waals surface area contributed by atoms with Crippen LogP contribution in [0, 0.1) is 0 Å². The SMILES string of the molecule is CNCCN1CCC(N(C)C)CC1. The second kappa shape index (κ2) is 5.58. The van der Waals surface area contributed by atoms with Crippen molar-refractivity contribution in [3.63, 3.8) is 0 Å². The Morgan fingerprint density at radius 2 is 1.92 bits per heavy atom. The van der Waals surface area contributed by atoms with E-state index >= 15 is 0 Å². The first kappa shape index (κ1) is 11.0. The molecule has 0 unspecified atom stereocenters. The molecule has 1 saturated heterocycles. The minimum Gasteiger partial charge on any atom is -0.318 e. The summed E-state index contributed by atoms with van der Waals surface area (Å²) in [5, 5.41) is 3.20. The zero-order chi connectivity index (χ0) is 9.68. The molecule has 0 amide bonds. The van der Waals surface area contributed by atoms with Gasteiger partial charge in [-0.25, -0.2) is 0 Å². The fourth-order valence-corrected chi connectivity index (χ4v) is 1.93. The van der Waals surface area contributed by atoms with Gasteiger partial charge in [-0.3, -0.25) is 0 Å². The molecule has 0 aromatic carbocycles. The van der Waals surface area contributed by atoms with Crippen LogP contribution in [0.2, 0.25) is 0 Å². The van der Waals surface area contributed by atoms with E-state index in [-0.39, 0.29) is 0 Å².